The second-order valence-corrected chi connectivity index (χ2v) is 8.31. The number of likely N-dealkylation sites (N-methyl/N-ethyl adjacent to an activating group) is 1. The fraction of sp³-hybridized carbons (Fsp3) is 0.240. The van der Waals surface area contributed by atoms with Crippen LogP contribution in [0.3, 0.4) is 0 Å². The summed E-state index contributed by atoms with van der Waals surface area (Å²) in [6.07, 6.45) is 1.16. The molecule has 1 aliphatic heterocycles. The molecule has 1 aliphatic rings. The first-order valence-electron chi connectivity index (χ1n) is 10.7. The molecule has 2 atom stereocenters. The zero-order valence-corrected chi connectivity index (χ0v) is 18.3. The van der Waals surface area contributed by atoms with Crippen LogP contribution < -0.4 is 15.4 Å². The lowest BCUT2D eigenvalue weighted by atomic mass is 10.0. The van der Waals surface area contributed by atoms with Gasteiger partial charge in [-0.3, -0.25) is 4.79 Å². The number of carbonyl (C=O) groups excluding carboxylic acids is 1. The maximum Gasteiger partial charge on any atom is 0.255 e. The Hall–Kier alpha value is -3.23. The lowest BCUT2D eigenvalue weighted by Crippen LogP contribution is -2.99. The van der Waals surface area contributed by atoms with Crippen LogP contribution in [-0.4, -0.2) is 49.2 Å². The minimum atomic E-state index is -0.949. The van der Waals surface area contributed by atoms with E-state index in [1.165, 1.54) is 5.69 Å². The first-order chi connectivity index (χ1) is 15.4. The molecule has 3 N–H and O–H groups in total. The van der Waals surface area contributed by atoms with Crippen molar-refractivity contribution in [2.75, 3.05) is 37.4 Å². The topological polar surface area (TPSA) is 83.3 Å². The number of amides is 1. The quantitative estimate of drug-likeness (QED) is 0.521. The van der Waals surface area contributed by atoms with Crippen molar-refractivity contribution in [1.82, 2.24) is 4.90 Å². The number of carbonyl (C=O) groups is 1. The Kier molecular flexibility index (Phi) is 6.53. The van der Waals surface area contributed by atoms with E-state index >= 15 is 0 Å². The molecule has 0 saturated carbocycles. The van der Waals surface area contributed by atoms with Crippen molar-refractivity contribution < 1.29 is 15.2 Å². The van der Waals surface area contributed by atoms with Crippen LogP contribution >= 0.6 is 0 Å². The fourth-order valence-corrected chi connectivity index (χ4v) is 3.98. The number of hydrogen-bond acceptors (Lipinski definition) is 5. The first kappa shape index (κ1) is 22.0. The van der Waals surface area contributed by atoms with E-state index in [0.29, 0.717) is 11.6 Å². The molecule has 7 heteroatoms. The van der Waals surface area contributed by atoms with Crippen LogP contribution in [-0.2, 0) is 0 Å². The highest BCUT2D eigenvalue weighted by Gasteiger charge is 2.24. The van der Waals surface area contributed by atoms with Crippen molar-refractivity contribution in [2.24, 2.45) is 0 Å². The fourth-order valence-electron chi connectivity index (χ4n) is 3.98. The van der Waals surface area contributed by atoms with Gasteiger partial charge in [0, 0.05) is 48.2 Å². The van der Waals surface area contributed by atoms with Crippen molar-refractivity contribution in [3.8, 4) is 11.1 Å². The molecule has 3 aromatic carbocycles. The molecule has 166 valence electrons. The molecule has 0 aromatic heterocycles. The first-order valence-corrected chi connectivity index (χ1v) is 10.7. The normalized spacial score (nSPS) is 16.9. The van der Waals surface area contributed by atoms with E-state index in [9.17, 15) is 10.0 Å². The minimum absolute atomic E-state index is 0.167. The number of nitrogens with one attached hydrogen (secondary N) is 2. The van der Waals surface area contributed by atoms with Gasteiger partial charge in [0.2, 0.25) is 0 Å². The third kappa shape index (κ3) is 4.98. The Morgan fingerprint density at radius 1 is 1.00 bits per heavy atom. The number of rotatable bonds is 6. The van der Waals surface area contributed by atoms with Gasteiger partial charge >= 0.3 is 0 Å². The maximum atomic E-state index is 12.6. The Labute approximate surface area is 188 Å². The van der Waals surface area contributed by atoms with E-state index in [1.807, 2.05) is 24.3 Å². The Morgan fingerprint density at radius 2 is 1.59 bits per heavy atom. The summed E-state index contributed by atoms with van der Waals surface area (Å²) in [5, 5.41) is 22.0. The largest absolute Gasteiger partial charge is 0.595 e. The summed E-state index contributed by atoms with van der Waals surface area (Å²) in [5.41, 5.74) is 4.56. The smallest absolute Gasteiger partial charge is 0.255 e. The van der Waals surface area contributed by atoms with Gasteiger partial charge in [-0.05, 0) is 80.2 Å². The average molecular weight is 433 g/mol. The van der Waals surface area contributed by atoms with Gasteiger partial charge in [-0.25, -0.2) is 5.21 Å². The van der Waals surface area contributed by atoms with Gasteiger partial charge < -0.3 is 20.3 Å². The number of quaternary nitrogens is 1. The van der Waals surface area contributed by atoms with Gasteiger partial charge in [-0.2, -0.15) is 5.23 Å². The second-order valence-electron chi connectivity index (χ2n) is 8.31. The lowest BCUT2D eigenvalue weighted by Gasteiger charge is -2.22. The SMILES string of the molecule is CN(C)C1CCN(c2ccc(NC(=O)c3ccc(-c4ccc([NH+]([O-])O)cc4)cc3)cc2)C1. The number of hydrogen-bond donors (Lipinski definition) is 3. The highest BCUT2D eigenvalue weighted by atomic mass is 16.8. The van der Waals surface area contributed by atoms with E-state index in [0.717, 1.165) is 36.3 Å². The highest BCUT2D eigenvalue weighted by molar-refractivity contribution is 6.04. The van der Waals surface area contributed by atoms with Crippen molar-refractivity contribution in [2.45, 2.75) is 12.5 Å². The second kappa shape index (κ2) is 9.50. The predicted molar refractivity (Wildman–Crippen MR) is 126 cm³/mol. The van der Waals surface area contributed by atoms with E-state index in [-0.39, 0.29) is 11.6 Å². The van der Waals surface area contributed by atoms with Gasteiger partial charge in [0.25, 0.3) is 5.91 Å². The standard InChI is InChI=1S/C25H28N4O3/c1-27(2)24-15-16-28(17-24)22-13-9-21(10-14-22)26-25(30)20-5-3-18(4-6-20)19-7-11-23(12-8-19)29(31)32/h3-14,24,29,31H,15-17H2,1-2H3,(H,26,30). The monoisotopic (exact) mass is 432 g/mol. The molecule has 1 fully saturated rings. The number of nitrogens with zero attached hydrogens (tertiary/aromatic N) is 2. The number of benzene rings is 3. The summed E-state index contributed by atoms with van der Waals surface area (Å²) in [6.45, 7) is 2.06. The maximum absolute atomic E-state index is 12.6. The van der Waals surface area contributed by atoms with Gasteiger partial charge in [-0.15, -0.1) is 0 Å². The molecule has 1 heterocycles. The summed E-state index contributed by atoms with van der Waals surface area (Å²) in [5.74, 6) is -0.167. The third-order valence-electron chi connectivity index (χ3n) is 6.00. The van der Waals surface area contributed by atoms with Crippen LogP contribution in [0.5, 0.6) is 0 Å². The highest BCUT2D eigenvalue weighted by Crippen LogP contribution is 2.25. The summed E-state index contributed by atoms with van der Waals surface area (Å²) < 4.78 is 0. The summed E-state index contributed by atoms with van der Waals surface area (Å²) in [6, 6.07) is 22.5. The van der Waals surface area contributed by atoms with E-state index in [4.69, 9.17) is 5.21 Å². The lowest BCUT2D eigenvalue weighted by molar-refractivity contribution is -0.991. The Balaban J connectivity index is 1.37. The zero-order chi connectivity index (χ0) is 22.7. The Bertz CT molecular complexity index is 1050. The van der Waals surface area contributed by atoms with E-state index in [1.54, 1.807) is 36.4 Å². The Morgan fingerprint density at radius 3 is 2.12 bits per heavy atom. The molecule has 0 aliphatic carbocycles. The van der Waals surface area contributed by atoms with Gasteiger partial charge in [0.1, 0.15) is 0 Å². The molecule has 32 heavy (non-hydrogen) atoms. The summed E-state index contributed by atoms with van der Waals surface area (Å²) >= 11 is 0. The molecule has 1 amide bonds. The predicted octanol–water partition coefficient (Wildman–Crippen LogP) is 3.15. The van der Waals surface area contributed by atoms with Gasteiger partial charge in [0.15, 0.2) is 5.69 Å². The molecule has 3 aromatic rings. The van der Waals surface area contributed by atoms with Crippen LogP contribution in [0.1, 0.15) is 16.8 Å². The van der Waals surface area contributed by atoms with Crippen LogP contribution in [0.15, 0.2) is 72.8 Å². The minimum Gasteiger partial charge on any atom is -0.595 e. The molecule has 1 saturated heterocycles. The van der Waals surface area contributed by atoms with Crippen LogP contribution in [0.2, 0.25) is 0 Å². The molecule has 0 radical (unpaired) electrons. The zero-order valence-electron chi connectivity index (χ0n) is 18.3. The van der Waals surface area contributed by atoms with Crippen molar-refractivity contribution in [3.05, 3.63) is 83.6 Å². The number of anilines is 2. The average Bonchev–Trinajstić information content (AvgIpc) is 3.30. The summed E-state index contributed by atoms with van der Waals surface area (Å²) in [7, 11) is 4.24. The molecule has 0 spiro atoms. The molecule has 0 bridgehead atoms. The van der Waals surface area contributed by atoms with Crippen molar-refractivity contribution >= 4 is 23.0 Å². The van der Waals surface area contributed by atoms with Crippen LogP contribution in [0.25, 0.3) is 11.1 Å². The molecule has 2 unspecified atom stereocenters. The van der Waals surface area contributed by atoms with E-state index < -0.39 is 5.23 Å². The molecule has 4 rings (SSSR count). The van der Waals surface area contributed by atoms with Crippen LogP contribution in [0.4, 0.5) is 17.1 Å². The molecular weight excluding hydrogens is 404 g/mol. The molecule has 7 nitrogen and oxygen atoms in total. The van der Waals surface area contributed by atoms with E-state index in [2.05, 4.69) is 41.3 Å². The van der Waals surface area contributed by atoms with Gasteiger partial charge in [-0.1, -0.05) is 12.1 Å². The third-order valence-corrected chi connectivity index (χ3v) is 6.00. The van der Waals surface area contributed by atoms with Crippen LogP contribution in [0, 0.1) is 5.21 Å². The van der Waals surface area contributed by atoms with Gasteiger partial charge in [0.05, 0.1) is 0 Å². The van der Waals surface area contributed by atoms with Crippen molar-refractivity contribution in [1.29, 1.82) is 0 Å². The van der Waals surface area contributed by atoms with Crippen molar-refractivity contribution in [3.63, 3.8) is 0 Å². The molecular formula is C25H28N4O3. The summed E-state index contributed by atoms with van der Waals surface area (Å²) in [4.78, 5) is 17.3.